The van der Waals surface area contributed by atoms with Crippen molar-refractivity contribution in [1.82, 2.24) is 20.3 Å². The first-order chi connectivity index (χ1) is 7.90. The zero-order chi connectivity index (χ0) is 11.2. The largest absolute Gasteiger partial charge is 0.496 e. The molecule has 2 aromatic heterocycles. The molecule has 0 saturated carbocycles. The lowest BCUT2D eigenvalue weighted by Crippen LogP contribution is -2.19. The van der Waals surface area contributed by atoms with E-state index in [0.29, 0.717) is 0 Å². The second-order valence-corrected chi connectivity index (χ2v) is 4.26. The summed E-state index contributed by atoms with van der Waals surface area (Å²) in [4.78, 5) is 1.22. The topological polar surface area (TPSA) is 52.0 Å². The summed E-state index contributed by atoms with van der Waals surface area (Å²) in [6.07, 6.45) is 3.54. The normalized spacial score (nSPS) is 10.6. The Balaban J connectivity index is 1.72. The summed E-state index contributed by atoms with van der Waals surface area (Å²) < 4.78 is 7.04. The molecule has 0 bridgehead atoms. The van der Waals surface area contributed by atoms with Crippen molar-refractivity contribution < 1.29 is 4.74 Å². The van der Waals surface area contributed by atoms with E-state index in [2.05, 4.69) is 15.6 Å². The summed E-state index contributed by atoms with van der Waals surface area (Å²) in [6.45, 7) is 2.52. The first-order valence-corrected chi connectivity index (χ1v) is 5.93. The Morgan fingerprint density at radius 2 is 2.50 bits per heavy atom. The number of hydrogen-bond acceptors (Lipinski definition) is 5. The Kier molecular flexibility index (Phi) is 3.90. The minimum Gasteiger partial charge on any atom is -0.496 e. The van der Waals surface area contributed by atoms with Gasteiger partial charge in [-0.2, -0.15) is 0 Å². The van der Waals surface area contributed by atoms with Crippen LogP contribution in [0.4, 0.5) is 0 Å². The molecule has 0 atom stereocenters. The Labute approximate surface area is 98.0 Å². The van der Waals surface area contributed by atoms with E-state index in [-0.39, 0.29) is 0 Å². The lowest BCUT2D eigenvalue weighted by atomic mass is 10.4. The third-order valence-corrected chi connectivity index (χ3v) is 3.10. The summed E-state index contributed by atoms with van der Waals surface area (Å²) in [5, 5.41) is 13.0. The smallest absolute Gasteiger partial charge is 0.134 e. The summed E-state index contributed by atoms with van der Waals surface area (Å²) in [6, 6.07) is 1.99. The molecule has 5 nitrogen and oxygen atoms in total. The lowest BCUT2D eigenvalue weighted by Gasteiger charge is -2.05. The van der Waals surface area contributed by atoms with E-state index in [0.717, 1.165) is 25.4 Å². The molecule has 86 valence electrons. The molecule has 1 N–H and O–H groups in total. The molecule has 0 aliphatic rings. The minimum absolute atomic E-state index is 0.827. The van der Waals surface area contributed by atoms with Crippen LogP contribution >= 0.6 is 11.3 Å². The highest BCUT2D eigenvalue weighted by Gasteiger charge is 2.02. The molecule has 0 aliphatic carbocycles. The van der Waals surface area contributed by atoms with Gasteiger partial charge in [-0.15, -0.1) is 16.4 Å². The van der Waals surface area contributed by atoms with Crippen LogP contribution in [0.2, 0.25) is 0 Å². The molecule has 0 fully saturated rings. The zero-order valence-corrected chi connectivity index (χ0v) is 9.91. The van der Waals surface area contributed by atoms with Gasteiger partial charge >= 0.3 is 0 Å². The van der Waals surface area contributed by atoms with Crippen LogP contribution in [-0.4, -0.2) is 28.6 Å². The van der Waals surface area contributed by atoms with E-state index in [4.69, 9.17) is 4.74 Å². The van der Waals surface area contributed by atoms with Crippen molar-refractivity contribution in [2.45, 2.75) is 13.1 Å². The van der Waals surface area contributed by atoms with Gasteiger partial charge in [-0.3, -0.25) is 4.68 Å². The van der Waals surface area contributed by atoms with Crippen molar-refractivity contribution in [2.24, 2.45) is 0 Å². The molecule has 2 heterocycles. The summed E-state index contributed by atoms with van der Waals surface area (Å²) in [5.74, 6) is 0.957. The van der Waals surface area contributed by atoms with Gasteiger partial charge in [0.05, 0.1) is 24.7 Å². The fraction of sp³-hybridized carbons (Fsp3) is 0.400. The van der Waals surface area contributed by atoms with Gasteiger partial charge in [-0.25, -0.2) is 0 Å². The highest BCUT2D eigenvalue weighted by molar-refractivity contribution is 7.10. The van der Waals surface area contributed by atoms with Gasteiger partial charge in [0.25, 0.3) is 0 Å². The maximum Gasteiger partial charge on any atom is 0.134 e. The number of nitrogens with zero attached hydrogens (tertiary/aromatic N) is 3. The van der Waals surface area contributed by atoms with Crippen LogP contribution in [0.5, 0.6) is 5.75 Å². The fourth-order valence-corrected chi connectivity index (χ4v) is 2.20. The number of aromatic nitrogens is 3. The Hall–Kier alpha value is -1.40. The van der Waals surface area contributed by atoms with E-state index in [1.54, 1.807) is 29.3 Å². The fourth-order valence-electron chi connectivity index (χ4n) is 1.39. The molecule has 0 aromatic carbocycles. The molecule has 0 radical (unpaired) electrons. The van der Waals surface area contributed by atoms with Crippen LogP contribution in [-0.2, 0) is 13.1 Å². The van der Waals surface area contributed by atoms with Crippen LogP contribution in [0.25, 0.3) is 0 Å². The number of nitrogens with one attached hydrogen (secondary N) is 1. The number of hydrogen-bond donors (Lipinski definition) is 1. The Morgan fingerprint density at radius 1 is 1.56 bits per heavy atom. The number of methoxy groups -OCH3 is 1. The van der Waals surface area contributed by atoms with Crippen molar-refractivity contribution in [3.05, 3.63) is 28.7 Å². The first-order valence-electron chi connectivity index (χ1n) is 5.05. The molecule has 6 heteroatoms. The van der Waals surface area contributed by atoms with E-state index >= 15 is 0 Å². The van der Waals surface area contributed by atoms with Crippen LogP contribution in [0.1, 0.15) is 4.88 Å². The molecule has 0 amide bonds. The highest BCUT2D eigenvalue weighted by Crippen LogP contribution is 2.23. The maximum atomic E-state index is 5.23. The Bertz CT molecular complexity index is 412. The molecule has 0 aliphatic heterocycles. The number of ether oxygens (including phenoxy) is 1. The second-order valence-electron chi connectivity index (χ2n) is 3.26. The quantitative estimate of drug-likeness (QED) is 0.767. The molecular weight excluding hydrogens is 224 g/mol. The van der Waals surface area contributed by atoms with E-state index in [9.17, 15) is 0 Å². The third kappa shape index (κ3) is 2.80. The number of thiophene rings is 1. The van der Waals surface area contributed by atoms with Gasteiger partial charge in [0.15, 0.2) is 0 Å². The van der Waals surface area contributed by atoms with Crippen LogP contribution < -0.4 is 10.1 Å². The highest BCUT2D eigenvalue weighted by atomic mass is 32.1. The van der Waals surface area contributed by atoms with E-state index in [1.807, 2.05) is 17.6 Å². The third-order valence-electron chi connectivity index (χ3n) is 2.20. The van der Waals surface area contributed by atoms with Crippen molar-refractivity contribution in [3.8, 4) is 5.75 Å². The molecular formula is C10H14N4OS. The minimum atomic E-state index is 0.827. The second kappa shape index (κ2) is 5.62. The molecule has 0 spiro atoms. The van der Waals surface area contributed by atoms with Crippen LogP contribution in [0.15, 0.2) is 23.8 Å². The van der Waals surface area contributed by atoms with Gasteiger partial charge in [0, 0.05) is 19.3 Å². The molecule has 0 unspecified atom stereocenters. The first kappa shape index (κ1) is 11.1. The maximum absolute atomic E-state index is 5.23. The number of rotatable bonds is 6. The SMILES string of the molecule is COc1ccsc1CNCCn1ccnn1. The van der Waals surface area contributed by atoms with Gasteiger partial charge in [0.2, 0.25) is 0 Å². The molecule has 0 saturated heterocycles. The molecule has 2 rings (SSSR count). The lowest BCUT2D eigenvalue weighted by molar-refractivity contribution is 0.410. The van der Waals surface area contributed by atoms with Crippen LogP contribution in [0, 0.1) is 0 Å². The average Bonchev–Trinajstić information content (AvgIpc) is 2.95. The van der Waals surface area contributed by atoms with E-state index < -0.39 is 0 Å². The predicted octanol–water partition coefficient (Wildman–Crippen LogP) is 1.14. The van der Waals surface area contributed by atoms with Gasteiger partial charge < -0.3 is 10.1 Å². The summed E-state index contributed by atoms with van der Waals surface area (Å²) >= 11 is 1.70. The average molecular weight is 238 g/mol. The predicted molar refractivity (Wildman–Crippen MR) is 62.6 cm³/mol. The van der Waals surface area contributed by atoms with Crippen molar-refractivity contribution in [2.75, 3.05) is 13.7 Å². The zero-order valence-electron chi connectivity index (χ0n) is 9.09. The van der Waals surface area contributed by atoms with Crippen molar-refractivity contribution >= 4 is 11.3 Å². The van der Waals surface area contributed by atoms with E-state index in [1.165, 1.54) is 4.88 Å². The van der Waals surface area contributed by atoms with Crippen LogP contribution in [0.3, 0.4) is 0 Å². The van der Waals surface area contributed by atoms with Gasteiger partial charge in [-0.05, 0) is 11.4 Å². The molecule has 2 aromatic rings. The standard InChI is InChI=1S/C10H14N4OS/c1-15-9-2-7-16-10(9)8-11-3-5-14-6-4-12-13-14/h2,4,6-7,11H,3,5,8H2,1H3. The Morgan fingerprint density at radius 3 is 3.25 bits per heavy atom. The summed E-state index contributed by atoms with van der Waals surface area (Å²) in [5.41, 5.74) is 0. The molecule has 16 heavy (non-hydrogen) atoms. The van der Waals surface area contributed by atoms with Gasteiger partial charge in [0.1, 0.15) is 5.75 Å². The van der Waals surface area contributed by atoms with Crippen molar-refractivity contribution in [1.29, 1.82) is 0 Å². The van der Waals surface area contributed by atoms with Crippen molar-refractivity contribution in [3.63, 3.8) is 0 Å². The van der Waals surface area contributed by atoms with Gasteiger partial charge in [-0.1, -0.05) is 5.21 Å². The summed E-state index contributed by atoms with van der Waals surface area (Å²) in [7, 11) is 1.70. The monoisotopic (exact) mass is 238 g/mol.